The van der Waals surface area contributed by atoms with Crippen LogP contribution in [0.5, 0.6) is 0 Å². The summed E-state index contributed by atoms with van der Waals surface area (Å²) in [7, 11) is 0. The minimum Gasteiger partial charge on any atom is -0.455 e. The van der Waals surface area contributed by atoms with E-state index in [4.69, 9.17) is 39.3 Å². The summed E-state index contributed by atoms with van der Waals surface area (Å²) in [6, 6.07) is 167. The van der Waals surface area contributed by atoms with Crippen molar-refractivity contribution in [2.24, 2.45) is 0 Å². The van der Waals surface area contributed by atoms with Crippen molar-refractivity contribution < 1.29 is 4.42 Å². The highest BCUT2D eigenvalue weighted by Gasteiger charge is 2.25. The summed E-state index contributed by atoms with van der Waals surface area (Å²) in [6.45, 7) is 0. The highest BCUT2D eigenvalue weighted by Crippen LogP contribution is 2.46. The Hall–Kier alpha value is -18.4. The molecule has 12 nitrogen and oxygen atoms in total. The predicted molar refractivity (Wildman–Crippen MR) is 570 cm³/mol. The van der Waals surface area contributed by atoms with Crippen LogP contribution < -0.4 is 0 Å². The Labute approximate surface area is 796 Å². The average Bonchev–Trinajstić information content (AvgIpc) is 1.56. The Morgan fingerprint density at radius 1 is 0.167 bits per heavy atom. The third kappa shape index (κ3) is 14.3. The van der Waals surface area contributed by atoms with Crippen LogP contribution in [0.1, 0.15) is 0 Å². The van der Waals surface area contributed by atoms with E-state index in [-0.39, 0.29) is 0 Å². The van der Waals surface area contributed by atoms with E-state index in [0.29, 0.717) is 29.1 Å². The van der Waals surface area contributed by atoms with E-state index in [2.05, 4.69) is 352 Å². The number of furan rings is 1. The number of fused-ring (bicyclic) bond motifs is 19. The fourth-order valence-electron chi connectivity index (χ4n) is 19.9. The molecule has 138 heavy (non-hydrogen) atoms. The Balaban J connectivity index is 0.000000107. The quantitative estimate of drug-likeness (QED) is 0.112. The van der Waals surface area contributed by atoms with Gasteiger partial charge in [0.05, 0.1) is 72.3 Å². The monoisotopic (exact) mass is 1780 g/mol. The first-order valence-electron chi connectivity index (χ1n) is 46.3. The number of benzene rings is 19. The molecule has 13 heteroatoms. The lowest BCUT2D eigenvalue weighted by molar-refractivity contribution is 0.673. The molecule has 0 aliphatic rings. The van der Waals surface area contributed by atoms with E-state index >= 15 is 0 Å². The van der Waals surface area contributed by atoms with Gasteiger partial charge in [-0.2, -0.15) is 0 Å². The number of hydrogen-bond acceptors (Lipinski definition) is 9. The summed E-state index contributed by atoms with van der Waals surface area (Å²) >= 11 is 1.86. The SMILES string of the molecule is c1ccc(-c2cc(-c3ccccc3)nc(-c3ccc(-n4c5ccccc5c5cc6c(cc54)sc4ccccc46)cc3)n2)cc1.c1ccc(-c2cc(-c3ccccc3)nc(-c3ccc(-n4c5ccccc5c5cc6c7ccccc7n(-c7ccccc7)c6cc54)cc3)n2)cc1.c1ccc(-c2nc(-c3ccccc3)nc(-c3ccc(-n4c5ccccc5c5c6oc7ccccc7c6ccc54)cc3)n2)cc1. The highest BCUT2D eigenvalue weighted by molar-refractivity contribution is 7.25. The van der Waals surface area contributed by atoms with Crippen molar-refractivity contribution in [1.29, 1.82) is 0 Å². The second kappa shape index (κ2) is 34.0. The van der Waals surface area contributed by atoms with Crippen LogP contribution in [-0.2, 0) is 0 Å². The van der Waals surface area contributed by atoms with Crippen LogP contribution >= 0.6 is 11.3 Å². The third-order valence-corrected chi connectivity index (χ3v) is 27.5. The molecule has 0 aliphatic carbocycles. The van der Waals surface area contributed by atoms with E-state index in [1.807, 2.05) is 157 Å². The molecule has 0 saturated carbocycles. The zero-order chi connectivity index (χ0) is 91.1. The third-order valence-electron chi connectivity index (χ3n) is 26.4. The van der Waals surface area contributed by atoms with Crippen molar-refractivity contribution in [3.8, 4) is 125 Å². The summed E-state index contributed by atoms with van der Waals surface area (Å²) in [5.74, 6) is 3.35. The standard InChI is InChI=1S/C46H30N4.C40H25N3S.C39H24N4O/c1-4-14-31(15-5-1)40-29-41(32-16-6-2-7-17-32)48-46(47-40)33-24-26-35(27-25-33)50-43-23-13-11-21-37(43)39-28-38-36-20-10-12-22-42(36)49(44(38)30-45(39)50)34-18-8-3-9-19-34;1-3-11-26(12-4-1)34-24-35(27-13-5-2-6-14-27)42-40(41-34)28-19-21-29(22-20-28)43-36-17-9-7-15-30(36)32-23-33-31-16-8-10-18-38(31)44-39(33)25-37(32)43;1-3-11-25(12-4-1)37-40-38(26-13-5-2-6-14-26)42-39(41-37)27-19-21-28(22-20-27)43-32-17-9-7-16-31(32)35-33(43)24-23-30-29-15-8-10-18-34(29)44-36(30)35/h1-30H;1-25H;1-24H. The molecule has 9 aromatic heterocycles. The molecule has 0 aliphatic heterocycles. The van der Waals surface area contributed by atoms with Gasteiger partial charge in [0.1, 0.15) is 11.2 Å². The van der Waals surface area contributed by atoms with Crippen LogP contribution in [0, 0.1) is 0 Å². The Kier molecular flexibility index (Phi) is 19.8. The molecule has 0 spiro atoms. The maximum Gasteiger partial charge on any atom is 0.164 e. The van der Waals surface area contributed by atoms with Gasteiger partial charge in [0.2, 0.25) is 0 Å². The van der Waals surface area contributed by atoms with Crippen LogP contribution in [0.2, 0.25) is 0 Å². The van der Waals surface area contributed by atoms with Crippen molar-refractivity contribution in [3.05, 3.63) is 479 Å². The second-order valence-electron chi connectivity index (χ2n) is 34.6. The lowest BCUT2D eigenvalue weighted by Crippen LogP contribution is -2.00. The lowest BCUT2D eigenvalue weighted by Gasteiger charge is -2.12. The summed E-state index contributed by atoms with van der Waals surface area (Å²) < 4.78 is 18.5. The van der Waals surface area contributed by atoms with Crippen LogP contribution in [0.25, 0.3) is 254 Å². The van der Waals surface area contributed by atoms with E-state index in [0.717, 1.165) is 139 Å². The van der Waals surface area contributed by atoms with Gasteiger partial charge in [0.15, 0.2) is 29.1 Å². The summed E-state index contributed by atoms with van der Waals surface area (Å²) in [5.41, 5.74) is 28.3. The van der Waals surface area contributed by atoms with Crippen molar-refractivity contribution in [1.82, 2.24) is 53.2 Å². The number of thiophene rings is 1. The minimum absolute atomic E-state index is 0.635. The normalized spacial score (nSPS) is 11.6. The molecule has 28 aromatic rings. The smallest absolute Gasteiger partial charge is 0.164 e. The average molecular weight is 1780 g/mol. The number of aromatic nitrogens is 11. The number of para-hydroxylation sites is 6. The fourth-order valence-corrected chi connectivity index (χ4v) is 21.1. The van der Waals surface area contributed by atoms with Crippen LogP contribution in [-0.4, -0.2) is 53.2 Å². The molecule has 28 rings (SSSR count). The molecule has 0 atom stereocenters. The molecule has 9 heterocycles. The lowest BCUT2D eigenvalue weighted by atomic mass is 10.1. The Morgan fingerprint density at radius 3 is 0.877 bits per heavy atom. The number of hydrogen-bond donors (Lipinski definition) is 0. The highest BCUT2D eigenvalue weighted by atomic mass is 32.1. The van der Waals surface area contributed by atoms with Gasteiger partial charge < -0.3 is 22.7 Å². The Bertz CT molecular complexity index is 9180. The predicted octanol–water partition coefficient (Wildman–Crippen LogP) is 32.5. The molecule has 0 amide bonds. The van der Waals surface area contributed by atoms with Crippen molar-refractivity contribution in [3.63, 3.8) is 0 Å². The summed E-state index contributed by atoms with van der Waals surface area (Å²) in [4.78, 5) is 34.8. The molecule has 0 saturated heterocycles. The largest absolute Gasteiger partial charge is 0.455 e. The molecular formula is C125H79N11OS. The van der Waals surface area contributed by atoms with Gasteiger partial charge in [-0.05, 0) is 170 Å². The van der Waals surface area contributed by atoms with Crippen molar-refractivity contribution >= 4 is 141 Å². The van der Waals surface area contributed by atoms with Crippen LogP contribution in [0.4, 0.5) is 0 Å². The second-order valence-corrected chi connectivity index (χ2v) is 35.7. The first-order valence-corrected chi connectivity index (χ1v) is 47.1. The van der Waals surface area contributed by atoms with Gasteiger partial charge in [0.25, 0.3) is 0 Å². The maximum atomic E-state index is 6.46. The number of rotatable bonds is 13. The minimum atomic E-state index is 0.635. The molecular weight excluding hydrogens is 1700 g/mol. The van der Waals surface area contributed by atoms with Crippen LogP contribution in [0.15, 0.2) is 484 Å². The topological polar surface area (TPSA) is 123 Å². The molecule has 0 fully saturated rings. The molecule has 0 radical (unpaired) electrons. The van der Waals surface area contributed by atoms with Crippen molar-refractivity contribution in [2.75, 3.05) is 0 Å². The molecule has 0 unspecified atom stereocenters. The van der Waals surface area contributed by atoms with Gasteiger partial charge in [0, 0.05) is 141 Å². The molecule has 0 bridgehead atoms. The summed E-state index contributed by atoms with van der Waals surface area (Å²) in [5, 5.41) is 14.7. The molecule has 646 valence electrons. The van der Waals surface area contributed by atoms with Gasteiger partial charge in [-0.3, -0.25) is 0 Å². The summed E-state index contributed by atoms with van der Waals surface area (Å²) in [6.07, 6.45) is 0. The van der Waals surface area contributed by atoms with E-state index in [9.17, 15) is 0 Å². The Morgan fingerprint density at radius 2 is 0.464 bits per heavy atom. The fraction of sp³-hybridized carbons (Fsp3) is 0. The molecule has 0 N–H and O–H groups in total. The first kappa shape index (κ1) is 80.4. The van der Waals surface area contributed by atoms with Gasteiger partial charge in [-0.25, -0.2) is 34.9 Å². The number of nitrogens with zero attached hydrogens (tertiary/aromatic N) is 11. The van der Waals surface area contributed by atoms with E-state index in [1.165, 1.54) is 85.6 Å². The molecule has 19 aromatic carbocycles. The maximum absolute atomic E-state index is 6.46. The van der Waals surface area contributed by atoms with Crippen LogP contribution in [0.3, 0.4) is 0 Å². The van der Waals surface area contributed by atoms with Crippen molar-refractivity contribution in [2.45, 2.75) is 0 Å². The van der Waals surface area contributed by atoms with Gasteiger partial charge in [-0.15, -0.1) is 11.3 Å². The van der Waals surface area contributed by atoms with Gasteiger partial charge >= 0.3 is 0 Å². The van der Waals surface area contributed by atoms with Gasteiger partial charge in [-0.1, -0.05) is 309 Å². The van der Waals surface area contributed by atoms with E-state index < -0.39 is 0 Å². The van der Waals surface area contributed by atoms with E-state index in [1.54, 1.807) is 0 Å². The zero-order valence-corrected chi connectivity index (χ0v) is 75.2. The zero-order valence-electron chi connectivity index (χ0n) is 74.3. The first-order chi connectivity index (χ1) is 68.4.